The minimum Gasteiger partial charge on any atom is -0.396 e. The number of aromatic nitrogens is 5. The Morgan fingerprint density at radius 2 is 0.805 bits per heavy atom. The van der Waals surface area contributed by atoms with Gasteiger partial charge < -0.3 is 58.1 Å². The number of alkyl halides is 3. The molecular formula is C61H93F3N18. The van der Waals surface area contributed by atoms with E-state index in [-0.39, 0.29) is 13.0 Å². The van der Waals surface area contributed by atoms with E-state index in [0.717, 1.165) is 116 Å². The average Bonchev–Trinajstić information content (AvgIpc) is 4.32. The molecule has 5 aromatic heterocycles. The summed E-state index contributed by atoms with van der Waals surface area (Å²) in [4.78, 5) is 38.7. The molecule has 0 spiro atoms. The molecule has 1 unspecified atom stereocenters. The van der Waals surface area contributed by atoms with Gasteiger partial charge in [-0.2, -0.15) is 13.2 Å². The summed E-state index contributed by atoms with van der Waals surface area (Å²) in [6.45, 7) is 19.9. The van der Waals surface area contributed by atoms with Crippen LogP contribution < -0.4 is 53.2 Å². The van der Waals surface area contributed by atoms with Gasteiger partial charge in [-0.3, -0.25) is 34.7 Å². The fraction of sp³-hybridized carbons (Fsp3) is 0.590. The lowest BCUT2D eigenvalue weighted by molar-refractivity contribution is -0.175. The molecule has 10 heterocycles. The van der Waals surface area contributed by atoms with Crippen molar-refractivity contribution in [2.75, 3.05) is 165 Å². The molecule has 12 rings (SSSR count). The normalized spacial score (nSPS) is 20.9. The minimum atomic E-state index is -4.12. The number of hydrogen-bond donors (Lipinski definition) is 5. The number of hydrogen-bond acceptors (Lipinski definition) is 18. The lowest BCUT2D eigenvalue weighted by Gasteiger charge is -2.43. The maximum absolute atomic E-state index is 12.7. The van der Waals surface area contributed by atoms with Crippen molar-refractivity contribution in [3.8, 4) is 0 Å². The number of piperidine rings is 3. The predicted octanol–water partition coefficient (Wildman–Crippen LogP) is 8.46. The van der Waals surface area contributed by atoms with Gasteiger partial charge in [0.1, 0.15) is 0 Å². The van der Waals surface area contributed by atoms with Crippen molar-refractivity contribution in [3.63, 3.8) is 0 Å². The molecule has 0 radical (unpaired) electrons. The monoisotopic (exact) mass is 1130 g/mol. The average molecular weight is 1140 g/mol. The van der Waals surface area contributed by atoms with Crippen LogP contribution >= 0.6 is 0 Å². The number of piperazine rings is 2. The molecule has 10 N–H and O–H groups in total. The Morgan fingerprint density at radius 1 is 0.451 bits per heavy atom. The van der Waals surface area contributed by atoms with Crippen molar-refractivity contribution in [2.24, 2.45) is 17.3 Å². The summed E-state index contributed by atoms with van der Waals surface area (Å²) in [5.74, 6) is -0.437. The van der Waals surface area contributed by atoms with Gasteiger partial charge >= 0.3 is 6.18 Å². The largest absolute Gasteiger partial charge is 0.396 e. The zero-order chi connectivity index (χ0) is 58.2. The first-order chi connectivity index (χ1) is 39.4. The van der Waals surface area contributed by atoms with Crippen LogP contribution in [-0.4, -0.2) is 170 Å². The SMILES string of the molecule is CC1(C)CCN(c2ccncc2N)CC1.CN(C)CC1CCN(c2ccncc2N)CC1.Nc1cnccc1N1CCCC(C(F)(F)F)C1.Nc1cnccc1N1CCN(C2CC2)CC1.Nc1cnccc1N1CCN(C2CCC2)CC1. The van der Waals surface area contributed by atoms with E-state index in [0.29, 0.717) is 29.8 Å². The highest BCUT2D eigenvalue weighted by Gasteiger charge is 2.42. The van der Waals surface area contributed by atoms with Gasteiger partial charge in [0.25, 0.3) is 0 Å². The van der Waals surface area contributed by atoms with E-state index in [4.69, 9.17) is 28.7 Å². The zero-order valence-electron chi connectivity index (χ0n) is 49.2. The van der Waals surface area contributed by atoms with Gasteiger partial charge in [0, 0.05) is 141 Å². The van der Waals surface area contributed by atoms with Gasteiger partial charge in [-0.25, -0.2) is 0 Å². The molecule has 21 heteroatoms. The number of halogens is 3. The van der Waals surface area contributed by atoms with Crippen LogP contribution in [0.15, 0.2) is 92.3 Å². The van der Waals surface area contributed by atoms with Gasteiger partial charge in [0.05, 0.1) is 93.8 Å². The third-order valence-corrected chi connectivity index (χ3v) is 17.4. The van der Waals surface area contributed by atoms with E-state index in [1.54, 1.807) is 42.0 Å². The van der Waals surface area contributed by atoms with Crippen molar-refractivity contribution in [3.05, 3.63) is 92.3 Å². The molecule has 2 aliphatic carbocycles. The highest BCUT2D eigenvalue weighted by atomic mass is 19.4. The van der Waals surface area contributed by atoms with Gasteiger partial charge in [0.15, 0.2) is 0 Å². The van der Waals surface area contributed by atoms with Crippen LogP contribution in [0.5, 0.6) is 0 Å². The molecule has 82 heavy (non-hydrogen) atoms. The molecule has 18 nitrogen and oxygen atoms in total. The van der Waals surface area contributed by atoms with Gasteiger partial charge in [-0.05, 0) is 120 Å². The molecule has 1 atom stereocenters. The topological polar surface area (TPSA) is 220 Å². The van der Waals surface area contributed by atoms with E-state index in [9.17, 15) is 13.2 Å². The van der Waals surface area contributed by atoms with E-state index in [2.05, 4.69) is 87.2 Å². The minimum absolute atomic E-state index is 0.0162. The fourth-order valence-corrected chi connectivity index (χ4v) is 12.0. The summed E-state index contributed by atoms with van der Waals surface area (Å²) >= 11 is 0. The van der Waals surface area contributed by atoms with Crippen LogP contribution in [-0.2, 0) is 0 Å². The molecule has 0 aromatic carbocycles. The first-order valence-electron chi connectivity index (χ1n) is 29.8. The highest BCUT2D eigenvalue weighted by Crippen LogP contribution is 2.37. The number of pyridine rings is 5. The van der Waals surface area contributed by atoms with Crippen molar-refractivity contribution in [1.82, 2.24) is 39.6 Å². The van der Waals surface area contributed by atoms with E-state index in [1.165, 1.54) is 96.7 Å². The quantitative estimate of drug-likeness (QED) is 0.0934. The second-order valence-corrected chi connectivity index (χ2v) is 24.2. The molecule has 7 fully saturated rings. The summed E-state index contributed by atoms with van der Waals surface area (Å²) in [5.41, 5.74) is 38.8. The Bertz CT molecular complexity index is 2690. The second-order valence-electron chi connectivity index (χ2n) is 24.2. The summed E-state index contributed by atoms with van der Waals surface area (Å²) in [7, 11) is 4.29. The molecule has 5 aromatic rings. The molecule has 2 saturated carbocycles. The number of nitrogen functional groups attached to an aromatic ring is 5. The maximum atomic E-state index is 12.7. The lowest BCUT2D eigenvalue weighted by atomic mass is 9.82. The van der Waals surface area contributed by atoms with E-state index >= 15 is 0 Å². The van der Waals surface area contributed by atoms with Gasteiger partial charge in [-0.15, -0.1) is 0 Å². The van der Waals surface area contributed by atoms with Crippen LogP contribution in [0, 0.1) is 17.3 Å². The number of rotatable bonds is 9. The molecule has 7 aliphatic rings. The molecule has 0 bridgehead atoms. The number of anilines is 10. The third kappa shape index (κ3) is 17.7. The Labute approximate surface area is 485 Å². The van der Waals surface area contributed by atoms with Crippen LogP contribution in [0.4, 0.5) is 70.0 Å². The lowest BCUT2D eigenvalue weighted by Crippen LogP contribution is -2.52. The van der Waals surface area contributed by atoms with Gasteiger partial charge in [0.2, 0.25) is 0 Å². The molecule has 5 aliphatic heterocycles. The third-order valence-electron chi connectivity index (χ3n) is 17.4. The van der Waals surface area contributed by atoms with Crippen LogP contribution in [0.25, 0.3) is 0 Å². The van der Waals surface area contributed by atoms with Gasteiger partial charge in [-0.1, -0.05) is 20.3 Å². The fourth-order valence-electron chi connectivity index (χ4n) is 12.0. The van der Waals surface area contributed by atoms with Crippen LogP contribution in [0.3, 0.4) is 0 Å². The number of nitrogens with zero attached hydrogens (tertiary/aromatic N) is 13. The first kappa shape index (κ1) is 61.5. The first-order valence-corrected chi connectivity index (χ1v) is 29.8. The second kappa shape index (κ2) is 29.1. The molecule has 5 saturated heterocycles. The smallest absolute Gasteiger partial charge is 0.393 e. The Morgan fingerprint density at radius 3 is 1.13 bits per heavy atom. The maximum Gasteiger partial charge on any atom is 0.393 e. The summed E-state index contributed by atoms with van der Waals surface area (Å²) in [6, 6.07) is 11.5. The summed E-state index contributed by atoms with van der Waals surface area (Å²) in [6.07, 6.45) is 25.8. The Balaban J connectivity index is 0.000000134. The van der Waals surface area contributed by atoms with E-state index in [1.807, 2.05) is 49.1 Å². The molecular weight excluding hydrogens is 1040 g/mol. The van der Waals surface area contributed by atoms with Crippen molar-refractivity contribution in [1.29, 1.82) is 0 Å². The predicted molar refractivity (Wildman–Crippen MR) is 331 cm³/mol. The molecule has 448 valence electrons. The molecule has 0 amide bonds. The van der Waals surface area contributed by atoms with E-state index < -0.39 is 12.1 Å². The number of nitrogens with two attached hydrogens (primary N) is 5. The van der Waals surface area contributed by atoms with Crippen molar-refractivity contribution in [2.45, 2.75) is 103 Å². The van der Waals surface area contributed by atoms with Crippen LogP contribution in [0.2, 0.25) is 0 Å². The highest BCUT2D eigenvalue weighted by molar-refractivity contribution is 5.69. The Kier molecular flexibility index (Phi) is 21.8. The Hall–Kier alpha value is -6.58. The zero-order valence-corrected chi connectivity index (χ0v) is 49.2. The van der Waals surface area contributed by atoms with Crippen LogP contribution in [0.1, 0.15) is 84.5 Å². The standard InChI is InChI=1S/C13H20N4.C13H22N4.C12H18N4.C12H19N3.C11H14F3N3/c14-12-10-15-5-4-13(12)17-8-6-16(7-9-17)11-2-1-3-11;1-16(2)10-11-4-7-17(8-5-11)13-3-6-15-9-12(13)14;13-11-9-14-4-3-12(11)16-7-5-15(6-8-16)10-1-2-10;1-12(2)4-7-15(8-5-12)11-3-6-14-9-10(11)13;12-11(13,14)8-2-1-5-17(7-8)10-3-4-16-6-9(10)15/h4-5,10-11H,1-3,6-9,14H2;3,6,9,11H,4-5,7-8,10,14H2,1-2H3;3-4,9-10H,1-2,5-8,13H2;3,6,9H,4-5,7-8,13H2,1-2H3;3-4,6,8H,1-2,5,7,15H2. The van der Waals surface area contributed by atoms with Crippen molar-refractivity contribution < 1.29 is 13.2 Å². The summed E-state index contributed by atoms with van der Waals surface area (Å²) in [5, 5.41) is 0. The van der Waals surface area contributed by atoms with Crippen molar-refractivity contribution >= 4 is 56.9 Å². The summed E-state index contributed by atoms with van der Waals surface area (Å²) < 4.78 is 38.0.